The molecule has 4 aliphatic carbocycles. The van der Waals surface area contributed by atoms with Crippen LogP contribution < -0.4 is 4.72 Å². The number of rotatable bonds is 7. The molecule has 4 saturated carbocycles. The first kappa shape index (κ1) is 30.9. The summed E-state index contributed by atoms with van der Waals surface area (Å²) in [4.78, 5) is 12.5. The fourth-order valence-electron chi connectivity index (χ4n) is 10.6. The van der Waals surface area contributed by atoms with E-state index in [-0.39, 0.29) is 22.6 Å². The molecule has 1 amide bonds. The van der Waals surface area contributed by atoms with Crippen LogP contribution in [0.15, 0.2) is 24.3 Å². The van der Waals surface area contributed by atoms with Gasteiger partial charge >= 0.3 is 6.18 Å². The predicted octanol–water partition coefficient (Wildman–Crippen LogP) is 8.48. The van der Waals surface area contributed by atoms with Gasteiger partial charge in [0, 0.05) is 5.56 Å². The van der Waals surface area contributed by atoms with Crippen LogP contribution in [-0.4, -0.2) is 20.1 Å². The smallest absolute Gasteiger partial charge is 0.268 e. The molecule has 230 valence electrons. The van der Waals surface area contributed by atoms with Gasteiger partial charge in [0.1, 0.15) is 0 Å². The van der Waals surface area contributed by atoms with E-state index in [0.29, 0.717) is 23.7 Å². The zero-order valence-electron chi connectivity index (χ0n) is 25.1. The number of sulfonamides is 1. The Hall–Kier alpha value is -1.57. The third-order valence-electron chi connectivity index (χ3n) is 12.6. The first-order valence-electron chi connectivity index (χ1n) is 15.9. The molecular weight excluding hydrogens is 547 g/mol. The van der Waals surface area contributed by atoms with Crippen LogP contribution in [0, 0.1) is 52.3 Å². The van der Waals surface area contributed by atoms with Gasteiger partial charge in [0.05, 0.1) is 11.3 Å². The van der Waals surface area contributed by atoms with Gasteiger partial charge in [-0.2, -0.15) is 13.2 Å². The average Bonchev–Trinajstić information content (AvgIpc) is 3.28. The quantitative estimate of drug-likeness (QED) is 0.344. The zero-order chi connectivity index (χ0) is 29.8. The summed E-state index contributed by atoms with van der Waals surface area (Å²) in [5, 5.41) is 0. The van der Waals surface area contributed by atoms with Crippen LogP contribution in [0.4, 0.5) is 13.2 Å². The lowest BCUT2D eigenvalue weighted by molar-refractivity contribution is -0.138. The van der Waals surface area contributed by atoms with Crippen LogP contribution in [-0.2, 0) is 16.2 Å². The molecule has 4 nitrogen and oxygen atoms in total. The minimum atomic E-state index is -4.52. The number of benzene rings is 1. The third-order valence-corrected chi connectivity index (χ3v) is 13.9. The molecule has 1 aromatic carbocycles. The van der Waals surface area contributed by atoms with Crippen molar-refractivity contribution in [3.05, 3.63) is 35.4 Å². The Bertz CT molecular complexity index is 1220. The number of hydrogen-bond acceptors (Lipinski definition) is 3. The van der Waals surface area contributed by atoms with Crippen molar-refractivity contribution in [2.75, 3.05) is 5.75 Å². The van der Waals surface area contributed by atoms with Crippen LogP contribution >= 0.6 is 0 Å². The molecule has 0 aliphatic heterocycles. The molecule has 9 atom stereocenters. The van der Waals surface area contributed by atoms with E-state index in [9.17, 15) is 26.4 Å². The molecule has 41 heavy (non-hydrogen) atoms. The summed E-state index contributed by atoms with van der Waals surface area (Å²) in [6.07, 6.45) is 9.05. The fourth-order valence-corrected chi connectivity index (χ4v) is 11.8. The number of halogens is 3. The van der Waals surface area contributed by atoms with Crippen molar-refractivity contribution < 1.29 is 26.4 Å². The summed E-state index contributed by atoms with van der Waals surface area (Å²) >= 11 is 0. The molecule has 0 saturated heterocycles. The van der Waals surface area contributed by atoms with E-state index in [1.165, 1.54) is 57.8 Å². The summed E-state index contributed by atoms with van der Waals surface area (Å²) in [5.41, 5.74) is -0.283. The van der Waals surface area contributed by atoms with Crippen LogP contribution in [0.2, 0.25) is 0 Å². The highest BCUT2D eigenvalue weighted by Crippen LogP contribution is 2.69. The molecule has 0 bridgehead atoms. The van der Waals surface area contributed by atoms with Crippen LogP contribution in [0.25, 0.3) is 0 Å². The highest BCUT2D eigenvalue weighted by molar-refractivity contribution is 7.90. The number of amides is 1. The van der Waals surface area contributed by atoms with Gasteiger partial charge in [-0.3, -0.25) is 4.79 Å². The summed E-state index contributed by atoms with van der Waals surface area (Å²) in [7, 11) is -3.91. The molecule has 0 aromatic heterocycles. The number of carbonyl (C=O) groups excluding carboxylic acids is 1. The van der Waals surface area contributed by atoms with Crippen molar-refractivity contribution >= 4 is 15.9 Å². The van der Waals surface area contributed by atoms with Crippen molar-refractivity contribution in [3.8, 4) is 0 Å². The summed E-state index contributed by atoms with van der Waals surface area (Å²) in [6, 6.07) is 3.60. The maximum Gasteiger partial charge on any atom is 0.416 e. The molecule has 4 aliphatic rings. The number of alkyl halides is 3. The second-order valence-electron chi connectivity index (χ2n) is 14.5. The molecular formula is C33H48F3NO3S. The normalized spacial score (nSPS) is 37.9. The molecule has 4 fully saturated rings. The molecule has 5 rings (SSSR count). The van der Waals surface area contributed by atoms with Crippen LogP contribution in [0.1, 0.15) is 114 Å². The summed E-state index contributed by atoms with van der Waals surface area (Å²) < 4.78 is 66.2. The van der Waals surface area contributed by atoms with E-state index in [0.717, 1.165) is 54.4 Å². The van der Waals surface area contributed by atoms with Gasteiger partial charge in [0.15, 0.2) is 0 Å². The molecule has 0 radical (unpaired) electrons. The Morgan fingerprint density at radius 1 is 0.976 bits per heavy atom. The SMILES string of the molecule is CC[C@H]1CC2C3CC[C@H]([C@H](C)CCS(=O)(=O)NC(=O)c4ccc(C(F)(F)F)cc4)[C@@]3(C)CCC2[C@@]2(C)CCCC[C@@H]12. The van der Waals surface area contributed by atoms with E-state index in [1.54, 1.807) is 0 Å². The molecule has 3 unspecified atom stereocenters. The minimum Gasteiger partial charge on any atom is -0.268 e. The predicted molar refractivity (Wildman–Crippen MR) is 155 cm³/mol. The Morgan fingerprint density at radius 3 is 2.32 bits per heavy atom. The molecule has 0 spiro atoms. The van der Waals surface area contributed by atoms with Crippen molar-refractivity contribution in [1.82, 2.24) is 4.72 Å². The van der Waals surface area contributed by atoms with E-state index in [1.807, 2.05) is 0 Å². The van der Waals surface area contributed by atoms with Crippen LogP contribution in [0.5, 0.6) is 0 Å². The minimum absolute atomic E-state index is 0.107. The van der Waals surface area contributed by atoms with Gasteiger partial charge in [-0.25, -0.2) is 13.1 Å². The van der Waals surface area contributed by atoms with Crippen LogP contribution in [0.3, 0.4) is 0 Å². The van der Waals surface area contributed by atoms with Crippen molar-refractivity contribution in [2.24, 2.45) is 52.3 Å². The Balaban J connectivity index is 1.22. The van der Waals surface area contributed by atoms with E-state index in [4.69, 9.17) is 0 Å². The monoisotopic (exact) mass is 595 g/mol. The number of carbonyl (C=O) groups is 1. The second kappa shape index (κ2) is 11.2. The highest BCUT2D eigenvalue weighted by Gasteiger charge is 2.61. The average molecular weight is 596 g/mol. The topological polar surface area (TPSA) is 63.2 Å². The lowest BCUT2D eigenvalue weighted by atomic mass is 9.42. The standard InChI is InChI=1S/C33H48F3NO3S/c1-5-22-20-25-28-14-13-26(32(28,4)18-15-29(25)31(3)17-7-6-8-27(22)31)21(2)16-19-41(39,40)37-30(38)23-9-11-24(12-10-23)33(34,35)36/h9-12,21-22,25-29H,5-8,13-20H2,1-4H3,(H,37,38)/t21-,22+,25?,26-,27+,28?,29?,31+,32-/m1/s1. The zero-order valence-corrected chi connectivity index (χ0v) is 25.9. The van der Waals surface area contributed by atoms with Crippen molar-refractivity contribution in [3.63, 3.8) is 0 Å². The summed E-state index contributed by atoms with van der Waals surface area (Å²) in [6.45, 7) is 9.67. The van der Waals surface area contributed by atoms with Gasteiger partial charge in [-0.15, -0.1) is 0 Å². The lowest BCUT2D eigenvalue weighted by Crippen LogP contribution is -2.55. The molecule has 1 N–H and O–H groups in total. The van der Waals surface area contributed by atoms with Crippen molar-refractivity contribution in [2.45, 2.75) is 105 Å². The summed E-state index contributed by atoms with van der Waals surface area (Å²) in [5.74, 6) is 3.64. The van der Waals surface area contributed by atoms with Gasteiger partial charge in [-0.05, 0) is 128 Å². The molecule has 1 aromatic rings. The largest absolute Gasteiger partial charge is 0.416 e. The maximum absolute atomic E-state index is 12.8. The van der Waals surface area contributed by atoms with Crippen molar-refractivity contribution in [1.29, 1.82) is 0 Å². The van der Waals surface area contributed by atoms with Gasteiger partial charge < -0.3 is 0 Å². The fraction of sp³-hybridized carbons (Fsp3) is 0.788. The Morgan fingerprint density at radius 2 is 1.66 bits per heavy atom. The molecule has 8 heteroatoms. The van der Waals surface area contributed by atoms with E-state index >= 15 is 0 Å². The first-order chi connectivity index (χ1) is 19.2. The number of hydrogen-bond donors (Lipinski definition) is 1. The van der Waals surface area contributed by atoms with Gasteiger partial charge in [-0.1, -0.05) is 47.0 Å². The Kier molecular flexibility index (Phi) is 8.41. The number of fused-ring (bicyclic) bond motifs is 5. The first-order valence-corrected chi connectivity index (χ1v) is 17.6. The lowest BCUT2D eigenvalue weighted by Gasteiger charge is -2.63. The number of nitrogens with one attached hydrogen (secondary N) is 1. The Labute approximate surface area is 244 Å². The molecule has 0 heterocycles. The second-order valence-corrected chi connectivity index (χ2v) is 16.3. The maximum atomic E-state index is 12.8. The van der Waals surface area contributed by atoms with Gasteiger partial charge in [0.25, 0.3) is 5.91 Å². The van der Waals surface area contributed by atoms with E-state index in [2.05, 4.69) is 32.4 Å². The van der Waals surface area contributed by atoms with E-state index < -0.39 is 27.7 Å². The highest BCUT2D eigenvalue weighted by atomic mass is 32.2. The van der Waals surface area contributed by atoms with Gasteiger partial charge in [0.2, 0.25) is 10.0 Å². The third kappa shape index (κ3) is 5.72.